The van der Waals surface area contributed by atoms with Gasteiger partial charge in [0.1, 0.15) is 0 Å². The molecule has 0 spiro atoms. The summed E-state index contributed by atoms with van der Waals surface area (Å²) in [7, 11) is 0. The van der Waals surface area contributed by atoms with E-state index in [0.29, 0.717) is 13.1 Å². The highest BCUT2D eigenvalue weighted by atomic mass is 35.5. The molecule has 0 atom stereocenters. The van der Waals surface area contributed by atoms with Crippen LogP contribution in [0.2, 0.25) is 0 Å². The minimum Gasteiger partial charge on any atom is -0.330 e. The zero-order chi connectivity index (χ0) is 8.81. The molecule has 0 unspecified atom stereocenters. The molecule has 0 saturated heterocycles. The number of rotatable bonds is 4. The third-order valence-electron chi connectivity index (χ3n) is 1.86. The molecule has 4 N–H and O–H groups in total. The zero-order valence-corrected chi connectivity index (χ0v) is 9.74. The second kappa shape index (κ2) is 9.28. The molecule has 0 amide bonds. The van der Waals surface area contributed by atoms with Gasteiger partial charge in [0.15, 0.2) is 0 Å². The minimum absolute atomic E-state index is 0. The highest BCUT2D eigenvalue weighted by Gasteiger charge is 1.93. The SMILES string of the molecule is Cl.Cl.NCCc1cccc(CCN)c1. The second-order valence-electron chi connectivity index (χ2n) is 2.90. The van der Waals surface area contributed by atoms with E-state index in [1.165, 1.54) is 11.1 Å². The normalized spacial score (nSPS) is 8.71. The van der Waals surface area contributed by atoms with Crippen LogP contribution in [0.3, 0.4) is 0 Å². The average molecular weight is 237 g/mol. The van der Waals surface area contributed by atoms with Gasteiger partial charge in [-0.25, -0.2) is 0 Å². The Labute approximate surface area is 97.9 Å². The molecule has 1 aromatic carbocycles. The molecule has 1 aromatic rings. The maximum absolute atomic E-state index is 5.46. The van der Waals surface area contributed by atoms with E-state index < -0.39 is 0 Å². The van der Waals surface area contributed by atoms with Crippen LogP contribution in [0.25, 0.3) is 0 Å². The quantitative estimate of drug-likeness (QED) is 0.834. The molecule has 0 aromatic heterocycles. The van der Waals surface area contributed by atoms with Gasteiger partial charge in [-0.3, -0.25) is 0 Å². The lowest BCUT2D eigenvalue weighted by molar-refractivity contribution is 0.940. The first-order valence-corrected chi connectivity index (χ1v) is 4.34. The number of nitrogens with two attached hydrogens (primary N) is 2. The van der Waals surface area contributed by atoms with Crippen LogP contribution in [0, 0.1) is 0 Å². The Hall–Kier alpha value is -0.280. The Bertz CT molecular complexity index is 220. The Morgan fingerprint density at radius 2 is 1.29 bits per heavy atom. The highest BCUT2D eigenvalue weighted by Crippen LogP contribution is 2.05. The number of benzene rings is 1. The fourth-order valence-corrected chi connectivity index (χ4v) is 1.27. The minimum atomic E-state index is 0. The van der Waals surface area contributed by atoms with Gasteiger partial charge >= 0.3 is 0 Å². The van der Waals surface area contributed by atoms with Crippen LogP contribution in [0.1, 0.15) is 11.1 Å². The van der Waals surface area contributed by atoms with Gasteiger partial charge in [-0.2, -0.15) is 0 Å². The Kier molecular flexibility index (Phi) is 10.7. The fraction of sp³-hybridized carbons (Fsp3) is 0.400. The van der Waals surface area contributed by atoms with E-state index in [1.54, 1.807) is 0 Å². The van der Waals surface area contributed by atoms with Crippen molar-refractivity contribution < 1.29 is 0 Å². The van der Waals surface area contributed by atoms with Crippen LogP contribution >= 0.6 is 24.8 Å². The first kappa shape index (κ1) is 16.2. The van der Waals surface area contributed by atoms with E-state index in [0.717, 1.165) is 12.8 Å². The lowest BCUT2D eigenvalue weighted by Gasteiger charge is -2.02. The van der Waals surface area contributed by atoms with Crippen molar-refractivity contribution in [2.24, 2.45) is 11.5 Å². The molecule has 0 heterocycles. The standard InChI is InChI=1S/C10H16N2.2ClH/c11-6-4-9-2-1-3-10(8-9)5-7-12;;/h1-3,8H,4-7,11-12H2;2*1H. The summed E-state index contributed by atoms with van der Waals surface area (Å²) in [5, 5.41) is 0. The lowest BCUT2D eigenvalue weighted by Crippen LogP contribution is -2.05. The van der Waals surface area contributed by atoms with E-state index in [-0.39, 0.29) is 24.8 Å². The predicted octanol–water partition coefficient (Wildman–Crippen LogP) is 1.53. The first-order chi connectivity index (χ1) is 5.86. The number of hydrogen-bond acceptors (Lipinski definition) is 2. The molecule has 0 saturated carbocycles. The molecular weight excluding hydrogens is 219 g/mol. The maximum atomic E-state index is 5.46. The van der Waals surface area contributed by atoms with Crippen LogP contribution in [0.4, 0.5) is 0 Å². The summed E-state index contributed by atoms with van der Waals surface area (Å²) in [4.78, 5) is 0. The average Bonchev–Trinajstić information content (AvgIpc) is 2.06. The van der Waals surface area contributed by atoms with E-state index in [4.69, 9.17) is 11.5 Å². The van der Waals surface area contributed by atoms with Crippen LogP contribution in [-0.4, -0.2) is 13.1 Å². The molecule has 0 radical (unpaired) electrons. The van der Waals surface area contributed by atoms with Crippen molar-refractivity contribution in [3.63, 3.8) is 0 Å². The molecule has 0 aliphatic carbocycles. The van der Waals surface area contributed by atoms with Crippen molar-refractivity contribution >= 4 is 24.8 Å². The van der Waals surface area contributed by atoms with Gasteiger partial charge in [0.25, 0.3) is 0 Å². The largest absolute Gasteiger partial charge is 0.330 e. The molecule has 0 fully saturated rings. The van der Waals surface area contributed by atoms with Crippen LogP contribution in [-0.2, 0) is 12.8 Å². The smallest absolute Gasteiger partial charge is 0.00367 e. The highest BCUT2D eigenvalue weighted by molar-refractivity contribution is 5.85. The van der Waals surface area contributed by atoms with E-state index in [2.05, 4.69) is 24.3 Å². The van der Waals surface area contributed by atoms with Crippen molar-refractivity contribution in [2.45, 2.75) is 12.8 Å². The molecule has 0 aliphatic rings. The summed E-state index contributed by atoms with van der Waals surface area (Å²) in [6.45, 7) is 1.43. The van der Waals surface area contributed by atoms with Gasteiger partial charge < -0.3 is 11.5 Å². The monoisotopic (exact) mass is 236 g/mol. The molecular formula is C10H18Cl2N2. The first-order valence-electron chi connectivity index (χ1n) is 4.34. The van der Waals surface area contributed by atoms with Crippen molar-refractivity contribution in [1.29, 1.82) is 0 Å². The predicted molar refractivity (Wildman–Crippen MR) is 66.5 cm³/mol. The van der Waals surface area contributed by atoms with Crippen LogP contribution in [0.5, 0.6) is 0 Å². The number of hydrogen-bond donors (Lipinski definition) is 2. The Morgan fingerprint density at radius 3 is 1.64 bits per heavy atom. The summed E-state index contributed by atoms with van der Waals surface area (Å²) in [5.41, 5.74) is 13.5. The third kappa shape index (κ3) is 5.45. The van der Waals surface area contributed by atoms with Crippen LogP contribution < -0.4 is 11.5 Å². The van der Waals surface area contributed by atoms with Gasteiger partial charge in [0.2, 0.25) is 0 Å². The van der Waals surface area contributed by atoms with Gasteiger partial charge in [-0.15, -0.1) is 24.8 Å². The lowest BCUT2D eigenvalue weighted by atomic mass is 10.1. The van der Waals surface area contributed by atoms with Gasteiger partial charge in [-0.1, -0.05) is 24.3 Å². The van der Waals surface area contributed by atoms with E-state index >= 15 is 0 Å². The van der Waals surface area contributed by atoms with Crippen molar-refractivity contribution in [1.82, 2.24) is 0 Å². The zero-order valence-electron chi connectivity index (χ0n) is 8.11. The maximum Gasteiger partial charge on any atom is -0.00367 e. The molecule has 0 aliphatic heterocycles. The fourth-order valence-electron chi connectivity index (χ4n) is 1.27. The van der Waals surface area contributed by atoms with Crippen molar-refractivity contribution in [3.8, 4) is 0 Å². The summed E-state index contributed by atoms with van der Waals surface area (Å²) < 4.78 is 0. The third-order valence-corrected chi connectivity index (χ3v) is 1.86. The summed E-state index contributed by atoms with van der Waals surface area (Å²) in [5.74, 6) is 0. The number of halogens is 2. The molecule has 1 rings (SSSR count). The Morgan fingerprint density at radius 1 is 0.857 bits per heavy atom. The van der Waals surface area contributed by atoms with Gasteiger partial charge in [-0.05, 0) is 37.1 Å². The van der Waals surface area contributed by atoms with Gasteiger partial charge in [0.05, 0.1) is 0 Å². The molecule has 4 heteroatoms. The van der Waals surface area contributed by atoms with E-state index in [9.17, 15) is 0 Å². The summed E-state index contributed by atoms with van der Waals surface area (Å²) in [6.07, 6.45) is 1.91. The topological polar surface area (TPSA) is 52.0 Å². The van der Waals surface area contributed by atoms with Gasteiger partial charge in [0, 0.05) is 0 Å². The summed E-state index contributed by atoms with van der Waals surface area (Å²) in [6, 6.07) is 8.45. The van der Waals surface area contributed by atoms with E-state index in [1.807, 2.05) is 0 Å². The molecule has 0 bridgehead atoms. The molecule has 14 heavy (non-hydrogen) atoms. The molecule has 82 valence electrons. The van der Waals surface area contributed by atoms with Crippen molar-refractivity contribution in [3.05, 3.63) is 35.4 Å². The van der Waals surface area contributed by atoms with Crippen LogP contribution in [0.15, 0.2) is 24.3 Å². The van der Waals surface area contributed by atoms with Crippen molar-refractivity contribution in [2.75, 3.05) is 13.1 Å². The second-order valence-corrected chi connectivity index (χ2v) is 2.90. The summed E-state index contributed by atoms with van der Waals surface area (Å²) >= 11 is 0. The Balaban J connectivity index is 0. The molecule has 2 nitrogen and oxygen atoms in total.